The zero-order chi connectivity index (χ0) is 19.7. The standard InChI is InChI=1S/C19H19N7O2/c1-2-28-18-16(20)22-9-15(25-18)11-6-4-3-5-10(11)13-7-14-12(17(27)24-13)8-23-19(21)26-14/h3-6,8-9,13H,2,7H2,1H3,(H2,20,22)(H,24,27)(H2,21,23,26)/t13-/m1/s1. The number of nitrogens with two attached hydrogens (primary N) is 2. The Morgan fingerprint density at radius 3 is 2.79 bits per heavy atom. The Hall–Kier alpha value is -3.75. The molecule has 1 amide bonds. The summed E-state index contributed by atoms with van der Waals surface area (Å²) >= 11 is 0. The first kappa shape index (κ1) is 17.7. The van der Waals surface area contributed by atoms with E-state index in [0.29, 0.717) is 30.0 Å². The first-order valence-corrected chi connectivity index (χ1v) is 8.83. The molecule has 1 aliphatic rings. The third kappa shape index (κ3) is 3.18. The van der Waals surface area contributed by atoms with Crippen LogP contribution < -0.4 is 21.5 Å². The number of hydrogen-bond acceptors (Lipinski definition) is 8. The van der Waals surface area contributed by atoms with Crippen LogP contribution in [0.15, 0.2) is 36.7 Å². The Morgan fingerprint density at radius 1 is 1.14 bits per heavy atom. The summed E-state index contributed by atoms with van der Waals surface area (Å²) in [5, 5.41) is 3.01. The van der Waals surface area contributed by atoms with Crippen molar-refractivity contribution >= 4 is 17.7 Å². The summed E-state index contributed by atoms with van der Waals surface area (Å²) in [6, 6.07) is 7.37. The zero-order valence-corrected chi connectivity index (χ0v) is 15.2. The average Bonchev–Trinajstić information content (AvgIpc) is 2.69. The van der Waals surface area contributed by atoms with E-state index in [1.807, 2.05) is 31.2 Å². The lowest BCUT2D eigenvalue weighted by Crippen LogP contribution is -2.36. The fourth-order valence-electron chi connectivity index (χ4n) is 3.23. The maximum absolute atomic E-state index is 12.5. The number of benzene rings is 1. The van der Waals surface area contributed by atoms with E-state index in [4.69, 9.17) is 16.2 Å². The largest absolute Gasteiger partial charge is 0.475 e. The molecule has 1 aliphatic heterocycles. The van der Waals surface area contributed by atoms with Crippen LogP contribution in [0, 0.1) is 0 Å². The Balaban J connectivity index is 1.75. The smallest absolute Gasteiger partial charge is 0.257 e. The SMILES string of the molecule is CCOc1nc(-c2ccccc2[C@H]2Cc3nc(N)ncc3C(=O)N2)cnc1N. The van der Waals surface area contributed by atoms with E-state index in [1.165, 1.54) is 6.20 Å². The molecule has 3 heterocycles. The summed E-state index contributed by atoms with van der Waals surface area (Å²) in [4.78, 5) is 29.3. The van der Waals surface area contributed by atoms with E-state index in [1.54, 1.807) is 6.20 Å². The molecule has 0 saturated carbocycles. The monoisotopic (exact) mass is 377 g/mol. The molecular formula is C19H19N7O2. The van der Waals surface area contributed by atoms with E-state index in [-0.39, 0.29) is 29.6 Å². The lowest BCUT2D eigenvalue weighted by molar-refractivity contribution is 0.0923. The minimum atomic E-state index is -0.291. The first-order valence-electron chi connectivity index (χ1n) is 8.83. The summed E-state index contributed by atoms with van der Waals surface area (Å²) in [5.74, 6) is 0.425. The molecule has 1 aromatic carbocycles. The van der Waals surface area contributed by atoms with E-state index >= 15 is 0 Å². The third-order valence-electron chi connectivity index (χ3n) is 4.49. The van der Waals surface area contributed by atoms with Gasteiger partial charge >= 0.3 is 0 Å². The second-order valence-electron chi connectivity index (χ2n) is 6.28. The van der Waals surface area contributed by atoms with Gasteiger partial charge in [0.25, 0.3) is 11.8 Å². The van der Waals surface area contributed by atoms with Gasteiger partial charge in [-0.05, 0) is 12.5 Å². The van der Waals surface area contributed by atoms with Gasteiger partial charge in [-0.3, -0.25) is 4.79 Å². The third-order valence-corrected chi connectivity index (χ3v) is 4.49. The quantitative estimate of drug-likeness (QED) is 0.621. The number of ether oxygens (including phenoxy) is 1. The Labute approximate surface area is 161 Å². The fourth-order valence-corrected chi connectivity index (χ4v) is 3.23. The van der Waals surface area contributed by atoms with Crippen LogP contribution in [0.1, 0.15) is 34.6 Å². The number of hydrogen-bond donors (Lipinski definition) is 3. The van der Waals surface area contributed by atoms with E-state index in [2.05, 4.69) is 25.3 Å². The minimum absolute atomic E-state index is 0.145. The fraction of sp³-hybridized carbons (Fsp3) is 0.211. The van der Waals surface area contributed by atoms with Crippen LogP contribution in [0.3, 0.4) is 0 Å². The molecule has 0 aliphatic carbocycles. The number of carbonyl (C=O) groups is 1. The lowest BCUT2D eigenvalue weighted by atomic mass is 9.91. The highest BCUT2D eigenvalue weighted by Gasteiger charge is 2.29. The number of nitrogens with zero attached hydrogens (tertiary/aromatic N) is 4. The van der Waals surface area contributed by atoms with Crippen LogP contribution in [0.25, 0.3) is 11.3 Å². The van der Waals surface area contributed by atoms with Gasteiger partial charge < -0.3 is 21.5 Å². The van der Waals surface area contributed by atoms with Crippen LogP contribution in [0.2, 0.25) is 0 Å². The van der Waals surface area contributed by atoms with Crippen molar-refractivity contribution in [2.45, 2.75) is 19.4 Å². The number of amides is 1. The molecule has 9 nitrogen and oxygen atoms in total. The number of anilines is 2. The average molecular weight is 377 g/mol. The van der Waals surface area contributed by atoms with Gasteiger partial charge in [-0.15, -0.1) is 0 Å². The number of carbonyl (C=O) groups excluding carboxylic acids is 1. The van der Waals surface area contributed by atoms with Gasteiger partial charge in [0.2, 0.25) is 5.95 Å². The molecule has 1 atom stereocenters. The van der Waals surface area contributed by atoms with E-state index < -0.39 is 0 Å². The maximum atomic E-state index is 12.5. The Kier molecular flexibility index (Phi) is 4.48. The molecule has 0 unspecified atom stereocenters. The van der Waals surface area contributed by atoms with Crippen molar-refractivity contribution < 1.29 is 9.53 Å². The molecule has 3 aromatic rings. The predicted molar refractivity (Wildman–Crippen MR) is 103 cm³/mol. The highest BCUT2D eigenvalue weighted by molar-refractivity contribution is 5.96. The minimum Gasteiger partial charge on any atom is -0.475 e. The van der Waals surface area contributed by atoms with Crippen molar-refractivity contribution in [3.63, 3.8) is 0 Å². The number of nitrogen functional groups attached to an aromatic ring is 2. The summed E-state index contributed by atoms with van der Waals surface area (Å²) in [7, 11) is 0. The molecule has 28 heavy (non-hydrogen) atoms. The van der Waals surface area contributed by atoms with Gasteiger partial charge in [0.05, 0.1) is 35.8 Å². The van der Waals surface area contributed by atoms with E-state index in [9.17, 15) is 4.79 Å². The van der Waals surface area contributed by atoms with Crippen LogP contribution >= 0.6 is 0 Å². The zero-order valence-electron chi connectivity index (χ0n) is 15.2. The lowest BCUT2D eigenvalue weighted by Gasteiger charge is -2.26. The number of rotatable bonds is 4. The molecule has 5 N–H and O–H groups in total. The number of nitrogens with one attached hydrogen (secondary N) is 1. The highest BCUT2D eigenvalue weighted by Crippen LogP contribution is 2.32. The summed E-state index contributed by atoms with van der Waals surface area (Å²) in [6.45, 7) is 2.28. The van der Waals surface area contributed by atoms with Crippen molar-refractivity contribution in [3.8, 4) is 17.1 Å². The Bertz CT molecular complexity index is 1050. The highest BCUT2D eigenvalue weighted by atomic mass is 16.5. The molecule has 4 rings (SSSR count). The van der Waals surface area contributed by atoms with Gasteiger partial charge in [0.1, 0.15) is 0 Å². The van der Waals surface area contributed by atoms with Crippen LogP contribution in [0.5, 0.6) is 5.88 Å². The molecule has 0 spiro atoms. The van der Waals surface area contributed by atoms with Crippen molar-refractivity contribution in [2.24, 2.45) is 0 Å². The van der Waals surface area contributed by atoms with Crippen molar-refractivity contribution in [1.29, 1.82) is 0 Å². The normalized spacial score (nSPS) is 15.6. The summed E-state index contributed by atoms with van der Waals surface area (Å²) < 4.78 is 5.46. The number of aromatic nitrogens is 4. The van der Waals surface area contributed by atoms with Crippen molar-refractivity contribution in [1.82, 2.24) is 25.3 Å². The second-order valence-corrected chi connectivity index (χ2v) is 6.28. The van der Waals surface area contributed by atoms with Gasteiger partial charge in [-0.25, -0.2) is 19.9 Å². The van der Waals surface area contributed by atoms with Crippen LogP contribution in [-0.2, 0) is 6.42 Å². The topological polar surface area (TPSA) is 142 Å². The molecule has 142 valence electrons. The van der Waals surface area contributed by atoms with Gasteiger partial charge in [-0.1, -0.05) is 24.3 Å². The molecule has 9 heteroatoms. The van der Waals surface area contributed by atoms with Gasteiger partial charge in [0, 0.05) is 18.2 Å². The molecule has 0 radical (unpaired) electrons. The van der Waals surface area contributed by atoms with Gasteiger partial charge in [0.15, 0.2) is 5.82 Å². The maximum Gasteiger partial charge on any atom is 0.257 e. The van der Waals surface area contributed by atoms with Crippen LogP contribution in [0.4, 0.5) is 11.8 Å². The van der Waals surface area contributed by atoms with Crippen molar-refractivity contribution in [3.05, 3.63) is 53.5 Å². The summed E-state index contributed by atoms with van der Waals surface area (Å²) in [6.07, 6.45) is 3.54. The predicted octanol–water partition coefficient (Wildman–Crippen LogP) is 1.52. The number of fused-ring (bicyclic) bond motifs is 1. The summed E-state index contributed by atoms with van der Waals surface area (Å²) in [5.41, 5.74) is 14.9. The molecule has 0 saturated heterocycles. The molecule has 0 fully saturated rings. The van der Waals surface area contributed by atoms with Gasteiger partial charge in [-0.2, -0.15) is 0 Å². The molecule has 2 aromatic heterocycles. The molecule has 0 bridgehead atoms. The van der Waals surface area contributed by atoms with Crippen LogP contribution in [-0.4, -0.2) is 32.4 Å². The van der Waals surface area contributed by atoms with E-state index in [0.717, 1.165) is 11.1 Å². The van der Waals surface area contributed by atoms with Crippen molar-refractivity contribution in [2.75, 3.05) is 18.1 Å². The molecular weight excluding hydrogens is 358 g/mol. The second kappa shape index (κ2) is 7.10. The first-order chi connectivity index (χ1) is 13.6. The Morgan fingerprint density at radius 2 is 1.96 bits per heavy atom.